The van der Waals surface area contributed by atoms with E-state index in [4.69, 9.17) is 0 Å². The highest BCUT2D eigenvalue weighted by molar-refractivity contribution is 7.13. The van der Waals surface area contributed by atoms with E-state index in [0.717, 1.165) is 22.4 Å². The molecule has 0 saturated heterocycles. The van der Waals surface area contributed by atoms with Crippen LogP contribution in [-0.2, 0) is 13.2 Å². The molecule has 0 amide bonds. The maximum absolute atomic E-state index is 12.6. The Labute approximate surface area is 121 Å². The predicted molar refractivity (Wildman–Crippen MR) is 70.3 cm³/mol. The summed E-state index contributed by atoms with van der Waals surface area (Å²) in [6.07, 6.45) is 0.255. The number of thiazole rings is 1. The molecule has 0 unspecified atom stereocenters. The van der Waals surface area contributed by atoms with Crippen LogP contribution in [0, 0.1) is 0 Å². The Morgan fingerprint density at radius 3 is 2.67 bits per heavy atom. The summed E-state index contributed by atoms with van der Waals surface area (Å²) in [6, 6.07) is 1.67. The van der Waals surface area contributed by atoms with Crippen LogP contribution in [-0.4, -0.2) is 24.5 Å². The van der Waals surface area contributed by atoms with Crippen LogP contribution >= 0.6 is 11.3 Å². The summed E-state index contributed by atoms with van der Waals surface area (Å²) in [5.41, 5.74) is 0.382. The Balaban J connectivity index is 2.01. The van der Waals surface area contributed by atoms with E-state index in [0.29, 0.717) is 5.69 Å². The molecule has 108 valence electrons. The number of nitrogens with zero attached hydrogens (tertiary/aromatic N) is 5. The van der Waals surface area contributed by atoms with Gasteiger partial charge in [0.1, 0.15) is 0 Å². The molecule has 3 rings (SSSR count). The van der Waals surface area contributed by atoms with Gasteiger partial charge in [0.05, 0.1) is 23.9 Å². The third-order valence-corrected chi connectivity index (χ3v) is 3.56. The van der Waals surface area contributed by atoms with Gasteiger partial charge in [-0.2, -0.15) is 13.2 Å². The number of alkyl halides is 3. The Kier molecular flexibility index (Phi) is 3.20. The van der Waals surface area contributed by atoms with Crippen LogP contribution in [0.15, 0.2) is 30.2 Å². The van der Waals surface area contributed by atoms with Crippen molar-refractivity contribution in [1.29, 1.82) is 0 Å². The van der Waals surface area contributed by atoms with Crippen molar-refractivity contribution in [3.63, 3.8) is 0 Å². The first-order chi connectivity index (χ1) is 9.95. The molecule has 0 aromatic carbocycles. The van der Waals surface area contributed by atoms with Crippen LogP contribution in [0.5, 0.6) is 0 Å². The first-order valence-electron chi connectivity index (χ1n) is 5.78. The minimum atomic E-state index is -4.46. The second kappa shape index (κ2) is 4.92. The highest BCUT2D eigenvalue weighted by Gasteiger charge is 2.34. The average Bonchev–Trinajstić information content (AvgIpc) is 3.06. The van der Waals surface area contributed by atoms with Crippen molar-refractivity contribution in [2.75, 3.05) is 0 Å². The molecular weight excluding hydrogens is 303 g/mol. The van der Waals surface area contributed by atoms with E-state index in [2.05, 4.69) is 19.9 Å². The van der Waals surface area contributed by atoms with Crippen LogP contribution in [0.25, 0.3) is 22.2 Å². The summed E-state index contributed by atoms with van der Waals surface area (Å²) in [6.45, 7) is 0. The largest absolute Gasteiger partial charge is 0.434 e. The van der Waals surface area contributed by atoms with Gasteiger partial charge in [-0.3, -0.25) is 0 Å². The van der Waals surface area contributed by atoms with Crippen molar-refractivity contribution >= 4 is 11.3 Å². The minimum Gasteiger partial charge on any atom is -0.332 e. The molecule has 3 aromatic heterocycles. The maximum atomic E-state index is 12.6. The average molecular weight is 311 g/mol. The fourth-order valence-corrected chi connectivity index (χ4v) is 2.48. The molecule has 5 nitrogen and oxygen atoms in total. The molecule has 9 heteroatoms. The van der Waals surface area contributed by atoms with Crippen LogP contribution in [0.2, 0.25) is 0 Å². The zero-order valence-corrected chi connectivity index (χ0v) is 11.5. The molecule has 0 fully saturated rings. The van der Waals surface area contributed by atoms with Gasteiger partial charge in [0, 0.05) is 18.6 Å². The minimum absolute atomic E-state index is 0.131. The molecule has 0 aliphatic heterocycles. The molecule has 0 aliphatic carbocycles. The number of hydrogen-bond acceptors (Lipinski definition) is 5. The smallest absolute Gasteiger partial charge is 0.332 e. The third-order valence-electron chi connectivity index (χ3n) is 2.72. The zero-order chi connectivity index (χ0) is 15.0. The van der Waals surface area contributed by atoms with Gasteiger partial charge in [0.25, 0.3) is 0 Å². The lowest BCUT2D eigenvalue weighted by Gasteiger charge is -2.03. The van der Waals surface area contributed by atoms with Crippen molar-refractivity contribution in [1.82, 2.24) is 24.5 Å². The topological polar surface area (TPSA) is 56.5 Å². The molecule has 21 heavy (non-hydrogen) atoms. The zero-order valence-electron chi connectivity index (χ0n) is 10.7. The Morgan fingerprint density at radius 1 is 1.24 bits per heavy atom. The summed E-state index contributed by atoms with van der Waals surface area (Å²) in [5, 5.41) is 1.08. The van der Waals surface area contributed by atoms with E-state index in [1.54, 1.807) is 30.2 Å². The lowest BCUT2D eigenvalue weighted by molar-refractivity contribution is -0.140. The first-order valence-corrected chi connectivity index (χ1v) is 6.66. The standard InChI is InChI=1S/C12H8F3N5S/c1-20-6-16-4-8(20)7-2-3-17-10(18-7)11-19-9(5-21-11)12(13,14)15/h2-6H,1H3. The van der Waals surface area contributed by atoms with Crippen molar-refractivity contribution in [2.24, 2.45) is 7.05 Å². The quantitative estimate of drug-likeness (QED) is 0.730. The van der Waals surface area contributed by atoms with E-state index in [1.807, 2.05) is 0 Å². The number of rotatable bonds is 2. The third kappa shape index (κ3) is 2.64. The van der Waals surface area contributed by atoms with Gasteiger partial charge < -0.3 is 4.57 Å². The van der Waals surface area contributed by atoms with Gasteiger partial charge in [-0.05, 0) is 6.07 Å². The fourth-order valence-electron chi connectivity index (χ4n) is 1.72. The SMILES string of the molecule is Cn1cncc1-c1ccnc(-c2nc(C(F)(F)F)cs2)n1. The van der Waals surface area contributed by atoms with Crippen LogP contribution in [0.1, 0.15) is 5.69 Å². The summed E-state index contributed by atoms with van der Waals surface area (Å²) in [5.74, 6) is 0.161. The summed E-state index contributed by atoms with van der Waals surface area (Å²) < 4.78 is 39.5. The molecule has 0 N–H and O–H groups in total. The molecule has 0 spiro atoms. The van der Waals surface area contributed by atoms with E-state index in [1.165, 1.54) is 6.20 Å². The molecule has 0 aliphatic rings. The number of hydrogen-bond donors (Lipinski definition) is 0. The molecule has 3 aromatic rings. The number of aryl methyl sites for hydroxylation is 1. The second-order valence-electron chi connectivity index (χ2n) is 4.19. The summed E-state index contributed by atoms with van der Waals surface area (Å²) in [4.78, 5) is 15.8. The lowest BCUT2D eigenvalue weighted by Crippen LogP contribution is -2.05. The normalized spacial score (nSPS) is 11.8. The Hall–Kier alpha value is -2.29. The van der Waals surface area contributed by atoms with Crippen molar-refractivity contribution < 1.29 is 13.2 Å². The molecular formula is C12H8F3N5S. The van der Waals surface area contributed by atoms with Gasteiger partial charge >= 0.3 is 6.18 Å². The summed E-state index contributed by atoms with van der Waals surface area (Å²) in [7, 11) is 1.80. The molecule has 3 heterocycles. The van der Waals surface area contributed by atoms with E-state index >= 15 is 0 Å². The molecule has 0 saturated carbocycles. The van der Waals surface area contributed by atoms with Gasteiger partial charge in [0.15, 0.2) is 16.5 Å². The monoisotopic (exact) mass is 311 g/mol. The van der Waals surface area contributed by atoms with E-state index in [-0.39, 0.29) is 10.8 Å². The number of imidazole rings is 1. The van der Waals surface area contributed by atoms with Gasteiger partial charge in [0.2, 0.25) is 0 Å². The van der Waals surface area contributed by atoms with Gasteiger partial charge in [-0.15, -0.1) is 11.3 Å². The van der Waals surface area contributed by atoms with Crippen LogP contribution in [0.3, 0.4) is 0 Å². The first kappa shape index (κ1) is 13.7. The Morgan fingerprint density at radius 2 is 2.05 bits per heavy atom. The maximum Gasteiger partial charge on any atom is 0.434 e. The second-order valence-corrected chi connectivity index (χ2v) is 5.05. The lowest BCUT2D eigenvalue weighted by atomic mass is 10.3. The highest BCUT2D eigenvalue weighted by Crippen LogP contribution is 2.32. The number of aromatic nitrogens is 5. The van der Waals surface area contributed by atoms with E-state index in [9.17, 15) is 13.2 Å². The highest BCUT2D eigenvalue weighted by atomic mass is 32.1. The van der Waals surface area contributed by atoms with Crippen molar-refractivity contribution in [2.45, 2.75) is 6.18 Å². The van der Waals surface area contributed by atoms with Gasteiger partial charge in [-0.25, -0.2) is 19.9 Å². The van der Waals surface area contributed by atoms with Gasteiger partial charge in [-0.1, -0.05) is 0 Å². The van der Waals surface area contributed by atoms with Crippen LogP contribution < -0.4 is 0 Å². The Bertz CT molecular complexity index is 777. The van der Waals surface area contributed by atoms with Crippen molar-refractivity contribution in [3.05, 3.63) is 35.9 Å². The van der Waals surface area contributed by atoms with E-state index < -0.39 is 11.9 Å². The molecule has 0 bridgehead atoms. The molecule has 0 atom stereocenters. The summed E-state index contributed by atoms with van der Waals surface area (Å²) >= 11 is 0.861. The van der Waals surface area contributed by atoms with Crippen LogP contribution in [0.4, 0.5) is 13.2 Å². The predicted octanol–water partition coefficient (Wildman–Crippen LogP) is 3.02. The fraction of sp³-hybridized carbons (Fsp3) is 0.167. The molecule has 0 radical (unpaired) electrons. The van der Waals surface area contributed by atoms with Crippen molar-refractivity contribution in [3.8, 4) is 22.2 Å². The number of halogens is 3.